The molecule has 1 unspecified atom stereocenters. The van der Waals surface area contributed by atoms with Gasteiger partial charge in [-0.25, -0.2) is 0 Å². The summed E-state index contributed by atoms with van der Waals surface area (Å²) < 4.78 is 0. The van der Waals surface area contributed by atoms with Gasteiger partial charge in [-0.05, 0) is 17.3 Å². The highest BCUT2D eigenvalue weighted by Gasteiger charge is 2.17. The van der Waals surface area contributed by atoms with Crippen LogP contribution in [0, 0.1) is 10.8 Å². The van der Waals surface area contributed by atoms with Gasteiger partial charge < -0.3 is 0 Å². The van der Waals surface area contributed by atoms with E-state index in [0.717, 1.165) is 5.25 Å². The molecule has 0 spiro atoms. The lowest BCUT2D eigenvalue weighted by atomic mass is 9.91. The maximum absolute atomic E-state index is 2.34. The Morgan fingerprint density at radius 3 is 1.79 bits per heavy atom. The van der Waals surface area contributed by atoms with Gasteiger partial charge in [-0.15, -0.1) is 0 Å². The van der Waals surface area contributed by atoms with Crippen LogP contribution in [0.5, 0.6) is 0 Å². The molecule has 0 rings (SSSR count). The van der Waals surface area contributed by atoms with Gasteiger partial charge in [-0.1, -0.05) is 70.1 Å². The minimum Gasteiger partial charge on any atom is -0.0933 e. The van der Waals surface area contributed by atoms with Crippen LogP contribution in [0.25, 0.3) is 0 Å². The molecule has 86 valence electrons. The Hall–Kier alpha value is 0.700. The molecule has 1 atom stereocenters. The Kier molecular flexibility index (Phi) is 5.98. The Morgan fingerprint density at radius 2 is 1.43 bits per heavy atom. The first-order chi connectivity index (χ1) is 6.10. The number of hydrogen-bond acceptors (Lipinski definition) is 2. The highest BCUT2D eigenvalue weighted by Crippen LogP contribution is 2.37. The average Bonchev–Trinajstić information content (AvgIpc) is 1.78. The van der Waals surface area contributed by atoms with Crippen molar-refractivity contribution in [2.24, 2.45) is 10.8 Å². The first kappa shape index (κ1) is 14.7. The summed E-state index contributed by atoms with van der Waals surface area (Å²) in [4.78, 5) is 0. The van der Waals surface area contributed by atoms with Crippen LogP contribution in [0.2, 0.25) is 0 Å². The van der Waals surface area contributed by atoms with E-state index in [1.165, 1.54) is 12.2 Å². The summed E-state index contributed by atoms with van der Waals surface area (Å²) >= 11 is 0. The SMILES string of the molecule is CC(CC(C)(C)C)SSCC(C)(C)C. The van der Waals surface area contributed by atoms with Crippen LogP contribution in [0.1, 0.15) is 54.9 Å². The van der Waals surface area contributed by atoms with Crippen molar-refractivity contribution in [1.82, 2.24) is 0 Å². The minimum atomic E-state index is 0.457. The maximum Gasteiger partial charge on any atom is 0.0128 e. The molecule has 0 radical (unpaired) electrons. The van der Waals surface area contributed by atoms with Crippen molar-refractivity contribution in [2.75, 3.05) is 5.75 Å². The van der Waals surface area contributed by atoms with Crippen LogP contribution in [-0.2, 0) is 0 Å². The van der Waals surface area contributed by atoms with E-state index < -0.39 is 0 Å². The van der Waals surface area contributed by atoms with Gasteiger partial charge >= 0.3 is 0 Å². The average molecular weight is 234 g/mol. The molecule has 0 aliphatic rings. The second kappa shape index (κ2) is 5.69. The van der Waals surface area contributed by atoms with Crippen molar-refractivity contribution in [3.8, 4) is 0 Å². The maximum atomic E-state index is 2.34. The third kappa shape index (κ3) is 10.8. The van der Waals surface area contributed by atoms with Crippen molar-refractivity contribution in [3.63, 3.8) is 0 Å². The molecular formula is C12H26S2. The molecule has 0 saturated heterocycles. The largest absolute Gasteiger partial charge is 0.0933 e. The third-order valence-electron chi connectivity index (χ3n) is 1.62. The predicted molar refractivity (Wildman–Crippen MR) is 73.0 cm³/mol. The molecule has 0 aliphatic carbocycles. The molecule has 0 N–H and O–H groups in total. The third-order valence-corrected chi connectivity index (χ3v) is 4.99. The lowest BCUT2D eigenvalue weighted by Crippen LogP contribution is -2.12. The van der Waals surface area contributed by atoms with Crippen molar-refractivity contribution < 1.29 is 0 Å². The van der Waals surface area contributed by atoms with Gasteiger partial charge in [0.2, 0.25) is 0 Å². The van der Waals surface area contributed by atoms with Gasteiger partial charge in [0.25, 0.3) is 0 Å². The molecule has 2 heteroatoms. The topological polar surface area (TPSA) is 0 Å². The minimum absolute atomic E-state index is 0.457. The quantitative estimate of drug-likeness (QED) is 0.610. The Morgan fingerprint density at radius 1 is 0.929 bits per heavy atom. The molecule has 0 aromatic carbocycles. The van der Waals surface area contributed by atoms with E-state index in [1.807, 2.05) is 21.6 Å². The first-order valence-electron chi connectivity index (χ1n) is 5.38. The highest BCUT2D eigenvalue weighted by atomic mass is 33.1. The fraction of sp³-hybridized carbons (Fsp3) is 1.00. The van der Waals surface area contributed by atoms with Crippen LogP contribution >= 0.6 is 21.6 Å². The van der Waals surface area contributed by atoms with E-state index in [0.29, 0.717) is 10.8 Å². The number of hydrogen-bond donors (Lipinski definition) is 0. The summed E-state index contributed by atoms with van der Waals surface area (Å²) in [6, 6.07) is 0. The summed E-state index contributed by atoms with van der Waals surface area (Å²) in [5.74, 6) is 1.24. The Bertz CT molecular complexity index is 151. The van der Waals surface area contributed by atoms with Gasteiger partial charge in [0.15, 0.2) is 0 Å². The van der Waals surface area contributed by atoms with Crippen molar-refractivity contribution in [2.45, 2.75) is 60.1 Å². The molecule has 0 heterocycles. The molecule has 0 aliphatic heterocycles. The summed E-state index contributed by atoms with van der Waals surface area (Å²) in [6.07, 6.45) is 1.30. The van der Waals surface area contributed by atoms with Crippen molar-refractivity contribution >= 4 is 21.6 Å². The van der Waals surface area contributed by atoms with E-state index in [9.17, 15) is 0 Å². The molecule has 0 amide bonds. The highest BCUT2D eigenvalue weighted by molar-refractivity contribution is 8.76. The summed E-state index contributed by atoms with van der Waals surface area (Å²) in [5, 5.41) is 0.766. The smallest absolute Gasteiger partial charge is 0.0128 e. The second-order valence-electron chi connectivity index (χ2n) is 6.49. The zero-order chi connectivity index (χ0) is 11.4. The fourth-order valence-electron chi connectivity index (χ4n) is 1.22. The van der Waals surface area contributed by atoms with E-state index in [4.69, 9.17) is 0 Å². The van der Waals surface area contributed by atoms with Crippen LogP contribution in [0.15, 0.2) is 0 Å². The van der Waals surface area contributed by atoms with E-state index in [-0.39, 0.29) is 0 Å². The fourth-order valence-corrected chi connectivity index (χ4v) is 4.61. The van der Waals surface area contributed by atoms with Crippen LogP contribution in [0.4, 0.5) is 0 Å². The lowest BCUT2D eigenvalue weighted by Gasteiger charge is -2.23. The number of rotatable bonds is 4. The van der Waals surface area contributed by atoms with Crippen LogP contribution in [0.3, 0.4) is 0 Å². The van der Waals surface area contributed by atoms with Gasteiger partial charge in [0, 0.05) is 11.0 Å². The Balaban J connectivity index is 3.60. The summed E-state index contributed by atoms with van der Waals surface area (Å²) in [5.41, 5.74) is 0.924. The lowest BCUT2D eigenvalue weighted by molar-refractivity contribution is 0.379. The normalized spacial score (nSPS) is 15.6. The molecule has 0 fully saturated rings. The van der Waals surface area contributed by atoms with Crippen molar-refractivity contribution in [1.29, 1.82) is 0 Å². The van der Waals surface area contributed by atoms with Crippen LogP contribution < -0.4 is 0 Å². The summed E-state index contributed by atoms with van der Waals surface area (Å²) in [7, 11) is 4.07. The van der Waals surface area contributed by atoms with Gasteiger partial charge in [0.05, 0.1) is 0 Å². The summed E-state index contributed by atoms with van der Waals surface area (Å²) in [6.45, 7) is 16.2. The van der Waals surface area contributed by atoms with E-state index in [2.05, 4.69) is 48.5 Å². The van der Waals surface area contributed by atoms with E-state index in [1.54, 1.807) is 0 Å². The second-order valence-corrected chi connectivity index (χ2v) is 9.30. The molecule has 0 aromatic rings. The Labute approximate surface area is 98.4 Å². The molecule has 0 bridgehead atoms. The monoisotopic (exact) mass is 234 g/mol. The van der Waals surface area contributed by atoms with Gasteiger partial charge in [-0.3, -0.25) is 0 Å². The molecule has 0 aromatic heterocycles. The molecule has 0 nitrogen and oxygen atoms in total. The zero-order valence-electron chi connectivity index (χ0n) is 10.8. The van der Waals surface area contributed by atoms with Crippen molar-refractivity contribution in [3.05, 3.63) is 0 Å². The molecular weight excluding hydrogens is 208 g/mol. The van der Waals surface area contributed by atoms with Gasteiger partial charge in [-0.2, -0.15) is 0 Å². The predicted octanol–water partition coefficient (Wildman–Crippen LogP) is 5.24. The van der Waals surface area contributed by atoms with E-state index >= 15 is 0 Å². The first-order valence-corrected chi connectivity index (χ1v) is 7.77. The molecule has 0 saturated carbocycles. The zero-order valence-corrected chi connectivity index (χ0v) is 12.4. The van der Waals surface area contributed by atoms with Crippen LogP contribution in [-0.4, -0.2) is 11.0 Å². The molecule has 14 heavy (non-hydrogen) atoms. The standard InChI is InChI=1S/C12H26S2/c1-10(8-11(2,3)4)14-13-9-12(5,6)7/h10H,8-9H2,1-7H3. The van der Waals surface area contributed by atoms with Gasteiger partial charge in [0.1, 0.15) is 0 Å².